The van der Waals surface area contributed by atoms with Crippen molar-refractivity contribution in [3.63, 3.8) is 0 Å². The van der Waals surface area contributed by atoms with Gasteiger partial charge in [-0.05, 0) is 66.4 Å². The lowest BCUT2D eigenvalue weighted by molar-refractivity contribution is 0.0578. The molecule has 1 saturated heterocycles. The molecule has 1 aliphatic rings. The topological polar surface area (TPSA) is 121 Å². The third kappa shape index (κ3) is 7.55. The number of amides is 2. The van der Waals surface area contributed by atoms with Crippen LogP contribution >= 0.6 is 0 Å². The highest BCUT2D eigenvalue weighted by atomic mass is 16.6. The maximum Gasteiger partial charge on any atom is 0.437 e. The van der Waals surface area contributed by atoms with Crippen molar-refractivity contribution in [3.05, 3.63) is 35.7 Å². The van der Waals surface area contributed by atoms with Gasteiger partial charge in [-0.15, -0.1) is 4.99 Å². The van der Waals surface area contributed by atoms with Gasteiger partial charge in [0.15, 0.2) is 0 Å². The molecule has 1 fully saturated rings. The van der Waals surface area contributed by atoms with Crippen molar-refractivity contribution < 1.29 is 24.0 Å². The van der Waals surface area contributed by atoms with Gasteiger partial charge in [0.05, 0.1) is 0 Å². The Kier molecular flexibility index (Phi) is 9.17. The standard InChI is InChI=1S/C28H41N5O5/c1-8-9-10-11-12-19-13-15-20(16-14-19)22-29-23(38-31-22)21-17-18-32(21)24(30-25(34)37-28(5,6)7)33(26(35)36)27(2,3)4/h13-16,21H,8-12,17-18H2,1-7H3,(H,35,36)/b30-24-/t21-/m0/s1. The quantitative estimate of drug-likeness (QED) is 0.240. The van der Waals surface area contributed by atoms with Crippen LogP contribution in [0.2, 0.25) is 0 Å². The summed E-state index contributed by atoms with van der Waals surface area (Å²) < 4.78 is 11.0. The molecular formula is C28H41N5O5. The first kappa shape index (κ1) is 29.1. The molecule has 0 spiro atoms. The summed E-state index contributed by atoms with van der Waals surface area (Å²) in [5.41, 5.74) is 0.471. The summed E-state index contributed by atoms with van der Waals surface area (Å²) in [6.07, 6.45) is 4.47. The molecule has 1 aliphatic heterocycles. The molecule has 2 aromatic rings. The maximum atomic E-state index is 12.6. The first-order chi connectivity index (χ1) is 17.8. The van der Waals surface area contributed by atoms with Gasteiger partial charge in [0.2, 0.25) is 17.7 Å². The molecule has 208 valence electrons. The first-order valence-corrected chi connectivity index (χ1v) is 13.3. The summed E-state index contributed by atoms with van der Waals surface area (Å²) in [5, 5.41) is 14.2. The Labute approximate surface area is 225 Å². The summed E-state index contributed by atoms with van der Waals surface area (Å²) in [4.78, 5) is 36.3. The van der Waals surface area contributed by atoms with E-state index in [0.29, 0.717) is 24.7 Å². The van der Waals surface area contributed by atoms with E-state index in [-0.39, 0.29) is 5.96 Å². The number of hydrogen-bond acceptors (Lipinski definition) is 6. The molecule has 0 saturated carbocycles. The van der Waals surface area contributed by atoms with E-state index in [9.17, 15) is 14.7 Å². The van der Waals surface area contributed by atoms with E-state index in [2.05, 4.69) is 34.2 Å². The van der Waals surface area contributed by atoms with Gasteiger partial charge in [0.1, 0.15) is 11.6 Å². The Morgan fingerprint density at radius 2 is 1.82 bits per heavy atom. The molecule has 38 heavy (non-hydrogen) atoms. The van der Waals surface area contributed by atoms with E-state index in [1.807, 2.05) is 12.1 Å². The number of likely N-dealkylation sites (tertiary alicyclic amines) is 1. The zero-order chi connectivity index (χ0) is 28.1. The lowest BCUT2D eigenvalue weighted by Gasteiger charge is -2.45. The molecule has 0 aliphatic carbocycles. The number of ether oxygens (including phenoxy) is 1. The molecule has 10 heteroatoms. The van der Waals surface area contributed by atoms with Crippen LogP contribution < -0.4 is 0 Å². The number of benzene rings is 1. The molecule has 1 N–H and O–H groups in total. The highest BCUT2D eigenvalue weighted by molar-refractivity contribution is 5.99. The normalized spacial score (nSPS) is 16.2. The van der Waals surface area contributed by atoms with Crippen LogP contribution in [0.15, 0.2) is 33.8 Å². The minimum atomic E-state index is -1.23. The van der Waals surface area contributed by atoms with Crippen LogP contribution in [0.4, 0.5) is 9.59 Å². The lowest BCUT2D eigenvalue weighted by Crippen LogP contribution is -2.59. The van der Waals surface area contributed by atoms with Gasteiger partial charge >= 0.3 is 12.2 Å². The number of aryl methyl sites for hydroxylation is 1. The number of guanidine groups is 1. The fourth-order valence-electron chi connectivity index (χ4n) is 4.23. The smallest absolute Gasteiger partial charge is 0.437 e. The Balaban J connectivity index is 1.82. The van der Waals surface area contributed by atoms with E-state index in [1.165, 1.54) is 31.2 Å². The van der Waals surface area contributed by atoms with Gasteiger partial charge in [-0.3, -0.25) is 0 Å². The van der Waals surface area contributed by atoms with Gasteiger partial charge in [0.25, 0.3) is 0 Å². The molecule has 1 aromatic heterocycles. The van der Waals surface area contributed by atoms with Crippen LogP contribution in [0.5, 0.6) is 0 Å². The minimum absolute atomic E-state index is 0.0253. The van der Waals surface area contributed by atoms with Crippen LogP contribution in [0, 0.1) is 0 Å². The second kappa shape index (κ2) is 12.0. The molecule has 10 nitrogen and oxygen atoms in total. The van der Waals surface area contributed by atoms with E-state index in [0.717, 1.165) is 16.9 Å². The van der Waals surface area contributed by atoms with Gasteiger partial charge in [-0.2, -0.15) is 4.98 Å². The maximum absolute atomic E-state index is 12.6. The van der Waals surface area contributed by atoms with Gasteiger partial charge in [0, 0.05) is 17.6 Å². The minimum Gasteiger partial charge on any atom is -0.465 e. The van der Waals surface area contributed by atoms with Gasteiger partial charge in [-0.25, -0.2) is 14.5 Å². The number of aliphatic imine (C=N–C) groups is 1. The van der Waals surface area contributed by atoms with Crippen LogP contribution in [0.25, 0.3) is 11.4 Å². The fraction of sp³-hybridized carbons (Fsp3) is 0.607. The van der Waals surface area contributed by atoms with Crippen molar-refractivity contribution in [2.75, 3.05) is 6.54 Å². The number of carboxylic acid groups (broad SMARTS) is 1. The fourth-order valence-corrected chi connectivity index (χ4v) is 4.23. The number of carbonyl (C=O) groups excluding carboxylic acids is 1. The Morgan fingerprint density at radius 1 is 1.13 bits per heavy atom. The highest BCUT2D eigenvalue weighted by Gasteiger charge is 2.43. The zero-order valence-corrected chi connectivity index (χ0v) is 23.7. The Bertz CT molecular complexity index is 1130. The number of aromatic nitrogens is 2. The van der Waals surface area contributed by atoms with Crippen LogP contribution in [-0.4, -0.2) is 60.9 Å². The van der Waals surface area contributed by atoms with Crippen LogP contribution in [0.3, 0.4) is 0 Å². The predicted molar refractivity (Wildman–Crippen MR) is 145 cm³/mol. The highest BCUT2D eigenvalue weighted by Crippen LogP contribution is 2.35. The summed E-state index contributed by atoms with van der Waals surface area (Å²) in [7, 11) is 0. The van der Waals surface area contributed by atoms with Crippen molar-refractivity contribution >= 4 is 18.1 Å². The van der Waals surface area contributed by atoms with Crippen molar-refractivity contribution in [2.24, 2.45) is 4.99 Å². The monoisotopic (exact) mass is 527 g/mol. The summed E-state index contributed by atoms with van der Waals surface area (Å²) >= 11 is 0. The molecular weight excluding hydrogens is 486 g/mol. The summed E-state index contributed by atoms with van der Waals surface area (Å²) in [6, 6.07) is 7.74. The molecule has 0 bridgehead atoms. The lowest BCUT2D eigenvalue weighted by atomic mass is 10.0. The SMILES string of the molecule is CCCCCCc1ccc(-c2noc([C@@H]3CCN3/C(=N/C(=O)OC(C)(C)C)N(C(=O)O)C(C)(C)C)n2)cc1. The molecule has 2 heterocycles. The first-order valence-electron chi connectivity index (χ1n) is 13.3. The van der Waals surface area contributed by atoms with Crippen molar-refractivity contribution in [3.8, 4) is 11.4 Å². The average molecular weight is 528 g/mol. The molecule has 1 aromatic carbocycles. The van der Waals surface area contributed by atoms with Crippen molar-refractivity contribution in [2.45, 2.75) is 104 Å². The molecule has 2 amide bonds. The van der Waals surface area contributed by atoms with Crippen molar-refractivity contribution in [1.82, 2.24) is 19.9 Å². The van der Waals surface area contributed by atoms with Gasteiger partial charge in [-0.1, -0.05) is 55.6 Å². The Morgan fingerprint density at radius 3 is 2.34 bits per heavy atom. The van der Waals surface area contributed by atoms with Crippen LogP contribution in [0.1, 0.15) is 98.1 Å². The second-order valence-corrected chi connectivity index (χ2v) is 11.6. The zero-order valence-electron chi connectivity index (χ0n) is 23.7. The number of unbranched alkanes of at least 4 members (excludes halogenated alkanes) is 3. The third-order valence-electron chi connectivity index (χ3n) is 6.18. The molecule has 1 atom stereocenters. The third-order valence-corrected chi connectivity index (χ3v) is 6.18. The molecule has 3 rings (SSSR count). The van der Waals surface area contributed by atoms with Crippen molar-refractivity contribution in [1.29, 1.82) is 0 Å². The van der Waals surface area contributed by atoms with E-state index >= 15 is 0 Å². The summed E-state index contributed by atoms with van der Waals surface area (Å²) in [6.45, 7) is 13.1. The van der Waals surface area contributed by atoms with Gasteiger partial charge < -0.3 is 19.3 Å². The second-order valence-electron chi connectivity index (χ2n) is 11.6. The van der Waals surface area contributed by atoms with E-state index in [4.69, 9.17) is 9.26 Å². The summed E-state index contributed by atoms with van der Waals surface area (Å²) in [5.74, 6) is 0.773. The van der Waals surface area contributed by atoms with E-state index < -0.39 is 29.4 Å². The molecule has 0 radical (unpaired) electrons. The number of rotatable bonds is 7. The predicted octanol–water partition coefficient (Wildman–Crippen LogP) is 6.68. The molecule has 0 unspecified atom stereocenters. The largest absolute Gasteiger partial charge is 0.465 e. The number of hydrogen-bond donors (Lipinski definition) is 1. The number of nitrogens with zero attached hydrogens (tertiary/aromatic N) is 5. The van der Waals surface area contributed by atoms with Crippen LogP contribution in [-0.2, 0) is 11.2 Å². The number of carbonyl (C=O) groups is 2. The van der Waals surface area contributed by atoms with E-state index in [1.54, 1.807) is 46.4 Å². The Hall–Kier alpha value is -3.43. The average Bonchev–Trinajstić information content (AvgIpc) is 3.23.